The molecule has 0 aliphatic heterocycles. The summed E-state index contributed by atoms with van der Waals surface area (Å²) in [6, 6.07) is 0. The van der Waals surface area contributed by atoms with Crippen LogP contribution in [0.15, 0.2) is 0 Å². The predicted molar refractivity (Wildman–Crippen MR) is 45.7 cm³/mol. The summed E-state index contributed by atoms with van der Waals surface area (Å²) in [5.74, 6) is -0.245. The zero-order valence-corrected chi connectivity index (χ0v) is 10.2. The van der Waals surface area contributed by atoms with E-state index >= 15 is 0 Å². The average molecular weight is 379 g/mol. The molecule has 0 amide bonds. The van der Waals surface area contributed by atoms with Crippen molar-refractivity contribution < 1.29 is 19.0 Å². The van der Waals surface area contributed by atoms with Crippen LogP contribution in [0.1, 0.15) is 6.92 Å². The van der Waals surface area contributed by atoms with Gasteiger partial charge in [-0.05, 0) is 0 Å². The Labute approximate surface area is 78.0 Å². The van der Waals surface area contributed by atoms with E-state index in [9.17, 15) is 4.79 Å². The third-order valence-electron chi connectivity index (χ3n) is 0.287. The van der Waals surface area contributed by atoms with E-state index < -0.39 is 0 Å². The monoisotopic (exact) mass is 379 g/mol. The molecule has 0 fully saturated rings. The maximum atomic E-state index is 9.59. The van der Waals surface area contributed by atoms with E-state index in [1.807, 2.05) is 0 Å². The Morgan fingerprint density at radius 2 is 1.75 bits per heavy atom. The van der Waals surface area contributed by atoms with E-state index in [1.165, 1.54) is 14.0 Å². The van der Waals surface area contributed by atoms with Crippen molar-refractivity contribution in [2.45, 2.75) is 6.92 Å². The van der Waals surface area contributed by atoms with Crippen LogP contribution in [0.3, 0.4) is 0 Å². The van der Waals surface area contributed by atoms with E-state index in [1.54, 1.807) is 0 Å². The Hall–Kier alpha value is 1.51. The standard InChI is InChI=1S/C3H6O2.2HI.V/c1-3(4)5-2;;;/h1-2H3;2*1H;/q;;;+2/p-2. The number of rotatable bonds is 0. The van der Waals surface area contributed by atoms with Gasteiger partial charge in [0.05, 0.1) is 7.11 Å². The van der Waals surface area contributed by atoms with Gasteiger partial charge in [-0.1, -0.05) is 0 Å². The van der Waals surface area contributed by atoms with Crippen LogP contribution >= 0.6 is 40.0 Å². The number of carbonyl (C=O) groups excluding carboxylic acids is 1. The van der Waals surface area contributed by atoms with E-state index in [-0.39, 0.29) is 5.97 Å². The molecule has 0 aromatic heterocycles. The summed E-state index contributed by atoms with van der Waals surface area (Å²) in [5.41, 5.74) is 0. The van der Waals surface area contributed by atoms with Crippen molar-refractivity contribution in [3.63, 3.8) is 0 Å². The molecule has 0 radical (unpaired) electrons. The number of hydrogen-bond acceptors (Lipinski definition) is 2. The molecule has 0 aliphatic carbocycles. The Bertz CT molecular complexity index is 59.2. The molecule has 0 N–H and O–H groups in total. The first-order chi connectivity index (χ1) is 3.68. The number of methoxy groups -OCH3 is 1. The molecule has 8 heavy (non-hydrogen) atoms. The molecule has 0 unspecified atom stereocenters. The van der Waals surface area contributed by atoms with Gasteiger partial charge >= 0.3 is 55.4 Å². The van der Waals surface area contributed by atoms with Gasteiger partial charge in [0.25, 0.3) is 0 Å². The summed E-state index contributed by atoms with van der Waals surface area (Å²) < 4.78 is 4.11. The van der Waals surface area contributed by atoms with Crippen molar-refractivity contribution in [1.82, 2.24) is 0 Å². The number of carbonyl (C=O) groups is 1. The molecule has 0 saturated carbocycles. The molecular formula is C3H6I2O2V. The second-order valence-corrected chi connectivity index (χ2v) is 12.5. The number of halogens is 2. The number of ether oxygens (including phenoxy) is 1. The molecule has 0 heterocycles. The van der Waals surface area contributed by atoms with Crippen molar-refractivity contribution in [2.24, 2.45) is 0 Å². The first-order valence-electron chi connectivity index (χ1n) is 1.65. The first kappa shape index (κ1) is 12.2. The van der Waals surface area contributed by atoms with E-state index in [0.29, 0.717) is 9.47 Å². The second kappa shape index (κ2) is 11.3. The van der Waals surface area contributed by atoms with Crippen molar-refractivity contribution in [3.05, 3.63) is 0 Å². The quantitative estimate of drug-likeness (QED) is 0.476. The molecular weight excluding hydrogens is 373 g/mol. The van der Waals surface area contributed by atoms with Gasteiger partial charge in [0.15, 0.2) is 0 Å². The predicted octanol–water partition coefficient (Wildman–Crippen LogP) is 1.95. The molecule has 0 spiro atoms. The van der Waals surface area contributed by atoms with Gasteiger partial charge in [-0.3, -0.25) is 4.79 Å². The van der Waals surface area contributed by atoms with Crippen LogP contribution in [0.4, 0.5) is 0 Å². The zero-order valence-electron chi connectivity index (χ0n) is 4.52. The Balaban J connectivity index is 0. The minimum atomic E-state index is -0.245. The molecule has 0 aliphatic rings. The van der Waals surface area contributed by atoms with E-state index in [0.717, 1.165) is 0 Å². The Morgan fingerprint density at radius 3 is 1.75 bits per heavy atom. The SMILES string of the molecule is COC(C)=O.[I][V][I]. The summed E-state index contributed by atoms with van der Waals surface area (Å²) in [4.78, 5) is 9.59. The molecule has 0 aromatic carbocycles. The molecule has 0 rings (SSSR count). The fourth-order valence-corrected chi connectivity index (χ4v) is 0. The molecule has 5 heteroatoms. The van der Waals surface area contributed by atoms with Gasteiger partial charge in [-0.15, -0.1) is 0 Å². The average Bonchev–Trinajstić information content (AvgIpc) is 1.69. The molecule has 0 aromatic rings. The number of hydrogen-bond donors (Lipinski definition) is 0. The van der Waals surface area contributed by atoms with Gasteiger partial charge in [0.2, 0.25) is 0 Å². The summed E-state index contributed by atoms with van der Waals surface area (Å²) in [6.07, 6.45) is 0. The normalized spacial score (nSPS) is 6.00. The van der Waals surface area contributed by atoms with Crippen molar-refractivity contribution in [2.75, 3.05) is 7.11 Å². The van der Waals surface area contributed by atoms with E-state index in [2.05, 4.69) is 44.7 Å². The van der Waals surface area contributed by atoms with Gasteiger partial charge in [0, 0.05) is 6.92 Å². The maximum absolute atomic E-state index is 9.59. The van der Waals surface area contributed by atoms with Gasteiger partial charge in [0.1, 0.15) is 0 Å². The summed E-state index contributed by atoms with van der Waals surface area (Å²) in [5, 5.41) is 0. The third-order valence-corrected chi connectivity index (χ3v) is 0.287. The molecule has 0 saturated heterocycles. The van der Waals surface area contributed by atoms with Crippen molar-refractivity contribution in [3.8, 4) is 0 Å². The van der Waals surface area contributed by atoms with Crippen molar-refractivity contribution in [1.29, 1.82) is 0 Å². The fourth-order valence-electron chi connectivity index (χ4n) is 0. The number of esters is 1. The Kier molecular flexibility index (Phi) is 17.3. The summed E-state index contributed by atoms with van der Waals surface area (Å²) in [7, 11) is 1.98. The van der Waals surface area contributed by atoms with Gasteiger partial charge < -0.3 is 4.74 Å². The first-order valence-corrected chi connectivity index (χ1v) is 10.7. The Morgan fingerprint density at radius 1 is 1.62 bits per heavy atom. The molecule has 49 valence electrons. The fraction of sp³-hybridized carbons (Fsp3) is 0.667. The van der Waals surface area contributed by atoms with Crippen LogP contribution in [0.2, 0.25) is 0 Å². The van der Waals surface area contributed by atoms with Crippen LogP contribution in [-0.2, 0) is 19.0 Å². The molecule has 0 bridgehead atoms. The summed E-state index contributed by atoms with van der Waals surface area (Å²) in [6.45, 7) is 1.36. The van der Waals surface area contributed by atoms with E-state index in [4.69, 9.17) is 0 Å². The summed E-state index contributed by atoms with van der Waals surface area (Å²) >= 11 is 4.74. The minimum absolute atomic E-state index is 0.245. The van der Waals surface area contributed by atoms with Crippen LogP contribution in [-0.4, -0.2) is 13.1 Å². The third kappa shape index (κ3) is 25.8. The van der Waals surface area contributed by atoms with Crippen LogP contribution in [0.25, 0.3) is 0 Å². The van der Waals surface area contributed by atoms with Crippen LogP contribution in [0.5, 0.6) is 0 Å². The second-order valence-electron chi connectivity index (χ2n) is 0.760. The van der Waals surface area contributed by atoms with Crippen molar-refractivity contribution >= 4 is 45.9 Å². The zero-order chi connectivity index (χ0) is 6.99. The topological polar surface area (TPSA) is 26.3 Å². The molecule has 2 nitrogen and oxygen atoms in total. The van der Waals surface area contributed by atoms with Gasteiger partial charge in [-0.2, -0.15) is 0 Å². The van der Waals surface area contributed by atoms with Crippen LogP contribution in [0, 0.1) is 0 Å². The van der Waals surface area contributed by atoms with Crippen LogP contribution < -0.4 is 0 Å². The van der Waals surface area contributed by atoms with Gasteiger partial charge in [-0.25, -0.2) is 0 Å². The molecule has 0 atom stereocenters.